The van der Waals surface area contributed by atoms with Gasteiger partial charge in [0.05, 0.1) is 25.2 Å². The van der Waals surface area contributed by atoms with Crippen molar-refractivity contribution in [2.45, 2.75) is 6.42 Å². The van der Waals surface area contributed by atoms with Gasteiger partial charge in [0.15, 0.2) is 11.5 Å². The summed E-state index contributed by atoms with van der Waals surface area (Å²) in [6.45, 7) is 1.05. The molecule has 0 radical (unpaired) electrons. The molecule has 1 aliphatic heterocycles. The van der Waals surface area contributed by atoms with Crippen molar-refractivity contribution < 1.29 is 19.0 Å². The minimum atomic E-state index is -0.162. The van der Waals surface area contributed by atoms with Gasteiger partial charge in [0.25, 0.3) is 5.91 Å². The van der Waals surface area contributed by atoms with Crippen LogP contribution in [0.15, 0.2) is 53.4 Å². The van der Waals surface area contributed by atoms with E-state index in [0.29, 0.717) is 28.2 Å². The Labute approximate surface area is 167 Å². The van der Waals surface area contributed by atoms with Gasteiger partial charge in [-0.05, 0) is 35.9 Å². The number of amides is 1. The monoisotopic (exact) mass is 401 g/mol. The van der Waals surface area contributed by atoms with Crippen LogP contribution in [-0.2, 0) is 4.79 Å². The molecule has 140 valence electrons. The van der Waals surface area contributed by atoms with E-state index in [1.807, 2.05) is 48.5 Å². The molecule has 2 aromatic carbocycles. The Balaban J connectivity index is 1.48. The van der Waals surface area contributed by atoms with Gasteiger partial charge in [0.1, 0.15) is 10.1 Å². The van der Waals surface area contributed by atoms with Gasteiger partial charge in [-0.15, -0.1) is 0 Å². The molecule has 1 fully saturated rings. The minimum absolute atomic E-state index is 0.162. The predicted octanol–water partition coefficient (Wildman–Crippen LogP) is 4.03. The summed E-state index contributed by atoms with van der Waals surface area (Å²) in [6.07, 6.45) is 2.53. The number of carbonyl (C=O) groups excluding carboxylic acids is 1. The molecular formula is C20H19NO4S2. The maximum atomic E-state index is 11.7. The van der Waals surface area contributed by atoms with Gasteiger partial charge in [0.2, 0.25) is 0 Å². The molecule has 1 amide bonds. The third-order valence-electron chi connectivity index (χ3n) is 3.68. The summed E-state index contributed by atoms with van der Waals surface area (Å²) in [7, 11) is 1.62. The fourth-order valence-corrected chi connectivity index (χ4v) is 3.48. The molecule has 0 atom stereocenters. The molecule has 7 heteroatoms. The lowest BCUT2D eigenvalue weighted by atomic mass is 10.2. The van der Waals surface area contributed by atoms with E-state index in [1.165, 1.54) is 11.8 Å². The zero-order chi connectivity index (χ0) is 19.1. The number of methoxy groups -OCH3 is 1. The minimum Gasteiger partial charge on any atom is -0.493 e. The fraction of sp³-hybridized carbons (Fsp3) is 0.200. The second-order valence-electron chi connectivity index (χ2n) is 5.63. The number of ether oxygens (including phenoxy) is 3. The van der Waals surface area contributed by atoms with Gasteiger partial charge in [-0.2, -0.15) is 0 Å². The summed E-state index contributed by atoms with van der Waals surface area (Å²) >= 11 is 6.26. The van der Waals surface area contributed by atoms with E-state index < -0.39 is 0 Å². The van der Waals surface area contributed by atoms with E-state index in [1.54, 1.807) is 13.2 Å². The Hall–Kier alpha value is -2.51. The molecule has 1 saturated heterocycles. The van der Waals surface area contributed by atoms with Crippen LogP contribution in [-0.4, -0.2) is 30.6 Å². The first kappa shape index (κ1) is 19.3. The third-order valence-corrected chi connectivity index (χ3v) is 4.84. The Bertz CT molecular complexity index is 867. The van der Waals surface area contributed by atoms with E-state index >= 15 is 0 Å². The molecule has 0 saturated carbocycles. The average Bonchev–Trinajstić information content (AvgIpc) is 2.99. The fourth-order valence-electron chi connectivity index (χ4n) is 2.44. The molecule has 1 aliphatic rings. The van der Waals surface area contributed by atoms with Gasteiger partial charge in [0, 0.05) is 6.42 Å². The van der Waals surface area contributed by atoms with Gasteiger partial charge in [-0.25, -0.2) is 0 Å². The topological polar surface area (TPSA) is 56.8 Å². The lowest BCUT2D eigenvalue weighted by Crippen LogP contribution is -2.17. The Kier molecular flexibility index (Phi) is 6.73. The first-order chi connectivity index (χ1) is 13.2. The second kappa shape index (κ2) is 9.43. The summed E-state index contributed by atoms with van der Waals surface area (Å²) in [5.41, 5.74) is 0.889. The van der Waals surface area contributed by atoms with Crippen molar-refractivity contribution in [3.05, 3.63) is 59.0 Å². The normalized spacial score (nSPS) is 14.9. The molecule has 1 heterocycles. The molecule has 2 aromatic rings. The Morgan fingerprint density at radius 1 is 1.07 bits per heavy atom. The molecule has 27 heavy (non-hydrogen) atoms. The number of thiocarbonyl (C=S) groups is 1. The standard InChI is InChI=1S/C20H19NO4S2/c1-23-16-8-2-3-9-17(16)25-11-5-10-24-15-7-4-6-14(12-15)13-18-19(22)21-20(26)27-18/h2-4,6-9,12-13H,5,10-11H2,1H3,(H,21,22,26). The first-order valence-electron chi connectivity index (χ1n) is 8.39. The van der Waals surface area contributed by atoms with Gasteiger partial charge in [-0.1, -0.05) is 48.2 Å². The molecule has 3 rings (SSSR count). The highest BCUT2D eigenvalue weighted by Gasteiger charge is 2.21. The van der Waals surface area contributed by atoms with Crippen LogP contribution in [0.25, 0.3) is 6.08 Å². The Morgan fingerprint density at radius 3 is 2.59 bits per heavy atom. The summed E-state index contributed by atoms with van der Waals surface area (Å²) in [5.74, 6) is 2.02. The van der Waals surface area contributed by atoms with E-state index in [-0.39, 0.29) is 5.91 Å². The average molecular weight is 402 g/mol. The third kappa shape index (κ3) is 5.48. The number of benzene rings is 2. The van der Waals surface area contributed by atoms with Crippen LogP contribution in [0, 0.1) is 0 Å². The molecule has 0 aromatic heterocycles. The van der Waals surface area contributed by atoms with Crippen LogP contribution in [0.4, 0.5) is 0 Å². The van der Waals surface area contributed by atoms with Crippen molar-refractivity contribution in [3.8, 4) is 17.2 Å². The summed E-state index contributed by atoms with van der Waals surface area (Å²) in [5, 5.41) is 2.60. The zero-order valence-electron chi connectivity index (χ0n) is 14.8. The highest BCUT2D eigenvalue weighted by Crippen LogP contribution is 2.27. The van der Waals surface area contributed by atoms with Crippen molar-refractivity contribution in [1.29, 1.82) is 0 Å². The van der Waals surface area contributed by atoms with Gasteiger partial charge < -0.3 is 19.5 Å². The maximum Gasteiger partial charge on any atom is 0.263 e. The molecule has 1 N–H and O–H groups in total. The lowest BCUT2D eigenvalue weighted by Gasteiger charge is -2.11. The highest BCUT2D eigenvalue weighted by molar-refractivity contribution is 8.26. The van der Waals surface area contributed by atoms with Crippen LogP contribution < -0.4 is 19.5 Å². The molecule has 5 nitrogen and oxygen atoms in total. The van der Waals surface area contributed by atoms with Crippen LogP contribution in [0.2, 0.25) is 0 Å². The number of rotatable bonds is 8. The first-order valence-corrected chi connectivity index (χ1v) is 9.62. The zero-order valence-corrected chi connectivity index (χ0v) is 16.4. The maximum absolute atomic E-state index is 11.7. The second-order valence-corrected chi connectivity index (χ2v) is 7.34. The van der Waals surface area contributed by atoms with Gasteiger partial charge in [-0.3, -0.25) is 4.79 Å². The molecule has 0 bridgehead atoms. The Morgan fingerprint density at radius 2 is 1.85 bits per heavy atom. The number of para-hydroxylation sites is 2. The van der Waals surface area contributed by atoms with Crippen molar-refractivity contribution in [1.82, 2.24) is 5.32 Å². The quantitative estimate of drug-likeness (QED) is 0.409. The van der Waals surface area contributed by atoms with Crippen molar-refractivity contribution in [3.63, 3.8) is 0 Å². The number of nitrogens with one attached hydrogen (secondary N) is 1. The van der Waals surface area contributed by atoms with Crippen LogP contribution in [0.1, 0.15) is 12.0 Å². The van der Waals surface area contributed by atoms with E-state index in [9.17, 15) is 4.79 Å². The summed E-state index contributed by atoms with van der Waals surface area (Å²) in [4.78, 5) is 12.3. The van der Waals surface area contributed by atoms with Gasteiger partial charge >= 0.3 is 0 Å². The van der Waals surface area contributed by atoms with E-state index in [2.05, 4.69) is 5.32 Å². The van der Waals surface area contributed by atoms with Crippen LogP contribution in [0.3, 0.4) is 0 Å². The number of carbonyl (C=O) groups is 1. The molecule has 0 unspecified atom stereocenters. The molecule has 0 spiro atoms. The van der Waals surface area contributed by atoms with Crippen molar-refractivity contribution in [2.24, 2.45) is 0 Å². The van der Waals surface area contributed by atoms with E-state index in [0.717, 1.165) is 23.5 Å². The highest BCUT2D eigenvalue weighted by atomic mass is 32.2. The smallest absolute Gasteiger partial charge is 0.263 e. The summed E-state index contributed by atoms with van der Waals surface area (Å²) in [6, 6.07) is 15.1. The SMILES string of the molecule is COc1ccccc1OCCCOc1cccc(C=C2SC(=S)NC2=O)c1. The number of thioether (sulfide) groups is 1. The predicted molar refractivity (Wildman–Crippen MR) is 111 cm³/mol. The largest absolute Gasteiger partial charge is 0.493 e. The van der Waals surface area contributed by atoms with E-state index in [4.69, 9.17) is 26.4 Å². The van der Waals surface area contributed by atoms with Crippen molar-refractivity contribution in [2.75, 3.05) is 20.3 Å². The molecule has 0 aliphatic carbocycles. The molecular weight excluding hydrogens is 382 g/mol. The lowest BCUT2D eigenvalue weighted by molar-refractivity contribution is -0.115. The number of hydrogen-bond donors (Lipinski definition) is 1. The van der Waals surface area contributed by atoms with Crippen LogP contribution in [0.5, 0.6) is 17.2 Å². The number of hydrogen-bond acceptors (Lipinski definition) is 6. The van der Waals surface area contributed by atoms with Crippen molar-refractivity contribution >= 4 is 40.3 Å². The summed E-state index contributed by atoms with van der Waals surface area (Å²) < 4.78 is 17.2. The van der Waals surface area contributed by atoms with Crippen LogP contribution >= 0.6 is 24.0 Å².